The number of nitrogens with zero attached hydrogens (tertiary/aromatic N) is 1. The van der Waals surface area contributed by atoms with E-state index in [1.165, 1.54) is 4.90 Å². The molecule has 0 radical (unpaired) electrons. The largest absolute Gasteiger partial charge is 0.481 e. The molecule has 1 aliphatic heterocycles. The molecule has 0 aromatic heterocycles. The summed E-state index contributed by atoms with van der Waals surface area (Å²) in [6, 6.07) is 7.97. The van der Waals surface area contributed by atoms with Crippen molar-refractivity contribution < 1.29 is 9.53 Å². The zero-order chi connectivity index (χ0) is 11.5. The second-order valence-corrected chi connectivity index (χ2v) is 3.21. The summed E-state index contributed by atoms with van der Waals surface area (Å²) < 4.78 is 5.28. The van der Waals surface area contributed by atoms with Crippen molar-refractivity contribution in [2.75, 3.05) is 16.9 Å². The topological polar surface area (TPSA) is 67.6 Å². The molecule has 0 saturated heterocycles. The summed E-state index contributed by atoms with van der Waals surface area (Å²) in [5, 5.41) is 0. The summed E-state index contributed by atoms with van der Waals surface area (Å²) >= 11 is 0. The molecule has 1 aromatic rings. The lowest BCUT2D eigenvalue weighted by Gasteiger charge is -2.24. The van der Waals surface area contributed by atoms with Crippen LogP contribution in [0.3, 0.4) is 0 Å². The number of nitrogen functional groups attached to an aromatic ring is 1. The summed E-state index contributed by atoms with van der Waals surface area (Å²) in [6.07, 6.45) is 0. The molecule has 3 N–H and O–H groups in total. The van der Waals surface area contributed by atoms with Gasteiger partial charge in [-0.15, -0.1) is 0 Å². The number of anilines is 2. The van der Waals surface area contributed by atoms with E-state index in [-0.39, 0.29) is 12.5 Å². The summed E-state index contributed by atoms with van der Waals surface area (Å²) in [6.45, 7) is 1.69. The van der Waals surface area contributed by atoms with Crippen LogP contribution in [0, 0.1) is 12.0 Å². The smallest absolute Gasteiger partial charge is 0.276 e. The third-order valence-corrected chi connectivity index (χ3v) is 2.19. The first-order chi connectivity index (χ1) is 7.76. The molecule has 1 amide bonds. The van der Waals surface area contributed by atoms with Crippen LogP contribution in [0.4, 0.5) is 11.4 Å². The molecule has 82 valence electrons. The predicted octanol–water partition coefficient (Wildman–Crippen LogP) is 0.678. The van der Waals surface area contributed by atoms with Gasteiger partial charge in [-0.2, -0.15) is 0 Å². The molecule has 0 spiro atoms. The van der Waals surface area contributed by atoms with Crippen molar-refractivity contribution in [1.29, 1.82) is 0 Å². The van der Waals surface area contributed by atoms with Gasteiger partial charge in [0.15, 0.2) is 6.61 Å². The Labute approximate surface area is 93.1 Å². The fourth-order valence-corrected chi connectivity index (χ4v) is 1.48. The number of hydrazine groups is 1. The number of hydrogen-bond acceptors (Lipinski definition) is 4. The number of nitrogens with two attached hydrogens (primary N) is 1. The van der Waals surface area contributed by atoms with Gasteiger partial charge < -0.3 is 10.2 Å². The Hall–Kier alpha value is -2.19. The van der Waals surface area contributed by atoms with Gasteiger partial charge in [-0.3, -0.25) is 10.6 Å². The molecule has 5 heteroatoms. The van der Waals surface area contributed by atoms with E-state index in [4.69, 9.17) is 10.6 Å². The molecule has 0 saturated carbocycles. The summed E-state index contributed by atoms with van der Waals surface area (Å²) in [7, 11) is 0. The van der Waals surface area contributed by atoms with Crippen LogP contribution in [-0.2, 0) is 4.79 Å². The van der Waals surface area contributed by atoms with Crippen molar-refractivity contribution >= 4 is 17.3 Å². The highest BCUT2D eigenvalue weighted by Gasteiger charge is 2.24. The minimum Gasteiger partial charge on any atom is -0.481 e. The number of carbonyl (C=O) groups excluding carboxylic acids is 1. The van der Waals surface area contributed by atoms with E-state index < -0.39 is 0 Å². The van der Waals surface area contributed by atoms with E-state index >= 15 is 0 Å². The Kier molecular flexibility index (Phi) is 2.66. The van der Waals surface area contributed by atoms with Crippen molar-refractivity contribution in [2.45, 2.75) is 6.92 Å². The first-order valence-corrected chi connectivity index (χ1v) is 4.75. The van der Waals surface area contributed by atoms with Crippen molar-refractivity contribution in [3.63, 3.8) is 0 Å². The fraction of sp³-hybridized carbons (Fsp3) is 0.182. The maximum atomic E-state index is 11.6. The van der Waals surface area contributed by atoms with E-state index in [1.807, 2.05) is 0 Å². The van der Waals surface area contributed by atoms with Crippen LogP contribution in [0.25, 0.3) is 0 Å². The number of amides is 1. The van der Waals surface area contributed by atoms with Gasteiger partial charge in [-0.1, -0.05) is 5.92 Å². The Balaban J connectivity index is 2.50. The second-order valence-electron chi connectivity index (χ2n) is 3.21. The molecule has 0 atom stereocenters. The number of carbonyl (C=O) groups is 1. The summed E-state index contributed by atoms with van der Waals surface area (Å²) in [5.41, 5.74) is 3.82. The number of rotatable bonds is 1. The van der Waals surface area contributed by atoms with Gasteiger partial charge >= 0.3 is 0 Å². The van der Waals surface area contributed by atoms with Gasteiger partial charge in [-0.05, 0) is 25.1 Å². The SMILES string of the molecule is CC#CN1C(=O)COc2ccc(NN)cc21. The molecular formula is C11H11N3O2. The molecule has 1 aliphatic rings. The lowest BCUT2D eigenvalue weighted by atomic mass is 10.2. The molecule has 1 heterocycles. The van der Waals surface area contributed by atoms with Crippen LogP contribution in [0.2, 0.25) is 0 Å². The van der Waals surface area contributed by atoms with E-state index in [9.17, 15) is 4.79 Å². The van der Waals surface area contributed by atoms with E-state index in [0.717, 1.165) is 0 Å². The molecule has 1 aromatic carbocycles. The fourth-order valence-electron chi connectivity index (χ4n) is 1.48. The lowest BCUT2D eigenvalue weighted by molar-refractivity contribution is -0.120. The minimum atomic E-state index is -0.184. The van der Waals surface area contributed by atoms with Crippen molar-refractivity contribution in [3.8, 4) is 17.7 Å². The standard InChI is InChI=1S/C11H11N3O2/c1-2-5-14-9-6-8(13-12)3-4-10(9)16-7-11(14)15/h3-4,6,13H,7,12H2,1H3. The average molecular weight is 217 g/mol. The van der Waals surface area contributed by atoms with Crippen LogP contribution >= 0.6 is 0 Å². The molecule has 0 unspecified atom stereocenters. The molecule has 0 fully saturated rings. The van der Waals surface area contributed by atoms with Crippen LogP contribution in [0.1, 0.15) is 6.92 Å². The Morgan fingerprint density at radius 1 is 1.56 bits per heavy atom. The van der Waals surface area contributed by atoms with Crippen LogP contribution < -0.4 is 20.9 Å². The second kappa shape index (κ2) is 4.13. The molecule has 2 rings (SSSR count). The number of fused-ring (bicyclic) bond motifs is 1. The highest BCUT2D eigenvalue weighted by Crippen LogP contribution is 2.33. The van der Waals surface area contributed by atoms with Crippen LogP contribution in [-0.4, -0.2) is 12.5 Å². The number of hydrogen-bond donors (Lipinski definition) is 2. The highest BCUT2D eigenvalue weighted by molar-refractivity contribution is 6.01. The monoisotopic (exact) mass is 217 g/mol. The minimum absolute atomic E-state index is 0.0110. The zero-order valence-corrected chi connectivity index (χ0v) is 8.78. The lowest BCUT2D eigenvalue weighted by Crippen LogP contribution is -2.35. The van der Waals surface area contributed by atoms with Crippen molar-refractivity contribution in [1.82, 2.24) is 0 Å². The van der Waals surface area contributed by atoms with Crippen molar-refractivity contribution in [2.24, 2.45) is 5.84 Å². The average Bonchev–Trinajstić information content (AvgIpc) is 2.32. The molecular weight excluding hydrogens is 206 g/mol. The highest BCUT2D eigenvalue weighted by atomic mass is 16.5. The summed E-state index contributed by atoms with van der Waals surface area (Å²) in [5.74, 6) is 8.44. The Morgan fingerprint density at radius 2 is 2.38 bits per heavy atom. The van der Waals surface area contributed by atoms with Gasteiger partial charge in [0, 0.05) is 6.04 Å². The normalized spacial score (nSPS) is 13.4. The number of ether oxygens (including phenoxy) is 1. The third-order valence-electron chi connectivity index (χ3n) is 2.19. The van der Waals surface area contributed by atoms with Gasteiger partial charge in [0.25, 0.3) is 5.91 Å². The number of benzene rings is 1. The van der Waals surface area contributed by atoms with Gasteiger partial charge in [-0.25, -0.2) is 4.90 Å². The van der Waals surface area contributed by atoms with Gasteiger partial charge in [0.2, 0.25) is 0 Å². The first-order valence-electron chi connectivity index (χ1n) is 4.75. The van der Waals surface area contributed by atoms with Gasteiger partial charge in [0.05, 0.1) is 5.69 Å². The molecule has 0 bridgehead atoms. The maximum absolute atomic E-state index is 11.6. The zero-order valence-electron chi connectivity index (χ0n) is 8.78. The van der Waals surface area contributed by atoms with Gasteiger partial charge in [0.1, 0.15) is 11.4 Å². The number of nitrogens with one attached hydrogen (secondary N) is 1. The molecule has 16 heavy (non-hydrogen) atoms. The Morgan fingerprint density at radius 3 is 3.06 bits per heavy atom. The maximum Gasteiger partial charge on any atom is 0.276 e. The summed E-state index contributed by atoms with van der Waals surface area (Å²) in [4.78, 5) is 13.0. The first kappa shape index (κ1) is 10.3. The van der Waals surface area contributed by atoms with Crippen LogP contribution in [0.5, 0.6) is 5.75 Å². The van der Waals surface area contributed by atoms with E-state index in [2.05, 4.69) is 17.4 Å². The predicted molar refractivity (Wildman–Crippen MR) is 60.7 cm³/mol. The van der Waals surface area contributed by atoms with Crippen LogP contribution in [0.15, 0.2) is 18.2 Å². The van der Waals surface area contributed by atoms with Crippen molar-refractivity contribution in [3.05, 3.63) is 18.2 Å². The van der Waals surface area contributed by atoms with E-state index in [0.29, 0.717) is 17.1 Å². The van der Waals surface area contributed by atoms with E-state index in [1.54, 1.807) is 25.1 Å². The molecule has 5 nitrogen and oxygen atoms in total. The molecule has 0 aliphatic carbocycles. The Bertz CT molecular complexity index is 488. The quantitative estimate of drug-likeness (QED) is 0.412. The third kappa shape index (κ3) is 1.66.